The van der Waals surface area contributed by atoms with E-state index in [1.54, 1.807) is 11.3 Å². The number of rotatable bonds is 5. The number of nitrogens with zero attached hydrogens (tertiary/aromatic N) is 4. The van der Waals surface area contributed by atoms with Crippen LogP contribution in [0.2, 0.25) is 0 Å². The smallest absolute Gasteiger partial charge is 0.125 e. The third kappa shape index (κ3) is 4.39. The van der Waals surface area contributed by atoms with Crippen LogP contribution in [0.3, 0.4) is 0 Å². The van der Waals surface area contributed by atoms with Crippen molar-refractivity contribution in [2.45, 2.75) is 45.7 Å². The quantitative estimate of drug-likeness (QED) is 0.690. The average Bonchev–Trinajstić information content (AvgIpc) is 3.15. The van der Waals surface area contributed by atoms with E-state index in [1.165, 1.54) is 10.7 Å². The van der Waals surface area contributed by atoms with Crippen LogP contribution in [0.25, 0.3) is 11.3 Å². The van der Waals surface area contributed by atoms with E-state index >= 15 is 0 Å². The Bertz CT molecular complexity index is 930. The Morgan fingerprint density at radius 1 is 1.14 bits per heavy atom. The maximum Gasteiger partial charge on any atom is 0.125 e. The molecule has 0 unspecified atom stereocenters. The highest BCUT2D eigenvalue weighted by atomic mass is 32.1. The molecule has 146 valence electrons. The number of hydrogen-bond donors (Lipinski definition) is 1. The van der Waals surface area contributed by atoms with E-state index in [0.29, 0.717) is 12.1 Å². The molecule has 1 aliphatic heterocycles. The van der Waals surface area contributed by atoms with Gasteiger partial charge in [0.15, 0.2) is 0 Å². The molecule has 0 bridgehead atoms. The van der Waals surface area contributed by atoms with Crippen LogP contribution in [-0.2, 0) is 0 Å². The second-order valence-electron chi connectivity index (χ2n) is 7.52. The van der Waals surface area contributed by atoms with Crippen LogP contribution in [0.1, 0.15) is 42.3 Å². The fourth-order valence-electron chi connectivity index (χ4n) is 3.78. The summed E-state index contributed by atoms with van der Waals surface area (Å²) in [6.07, 6.45) is 4.11. The number of nitrogens with one attached hydrogen (secondary N) is 1. The zero-order chi connectivity index (χ0) is 19.5. The molecule has 0 spiro atoms. The summed E-state index contributed by atoms with van der Waals surface area (Å²) in [4.78, 5) is 15.9. The van der Waals surface area contributed by atoms with Crippen molar-refractivity contribution in [2.75, 3.05) is 18.0 Å². The third-order valence-electron chi connectivity index (χ3n) is 5.27. The van der Waals surface area contributed by atoms with Crippen LogP contribution in [-0.4, -0.2) is 34.1 Å². The molecular weight excluding hydrogens is 366 g/mol. The first kappa shape index (κ1) is 19.0. The van der Waals surface area contributed by atoms with Gasteiger partial charge >= 0.3 is 0 Å². The second-order valence-corrected chi connectivity index (χ2v) is 8.41. The van der Waals surface area contributed by atoms with Crippen LogP contribution in [0.4, 0.5) is 5.69 Å². The minimum absolute atomic E-state index is 0.319. The van der Waals surface area contributed by atoms with Gasteiger partial charge in [0, 0.05) is 47.7 Å². The van der Waals surface area contributed by atoms with Gasteiger partial charge in [-0.05, 0) is 51.8 Å². The number of aromatic nitrogens is 3. The number of hydrogen-bond acceptors (Lipinski definition) is 6. The van der Waals surface area contributed by atoms with E-state index in [1.807, 2.05) is 19.2 Å². The molecule has 1 fully saturated rings. The van der Waals surface area contributed by atoms with Gasteiger partial charge in [-0.2, -0.15) is 0 Å². The lowest BCUT2D eigenvalue weighted by molar-refractivity contribution is 0.380. The zero-order valence-electron chi connectivity index (χ0n) is 16.7. The highest BCUT2D eigenvalue weighted by molar-refractivity contribution is 7.09. The minimum atomic E-state index is 0.319. The Kier molecular flexibility index (Phi) is 5.69. The molecule has 1 atom stereocenters. The standard InChI is InChI=1S/C22H27N5S/c1-15-14-28-22(24-15)16(2)25-19-8-11-27(12-9-19)20-6-4-5-18(13-20)21-7-10-23-17(3)26-21/h4-7,10,13-14,16,19,25H,8-9,11-12H2,1-3H3/t16-/m0/s1. The number of aryl methyl sites for hydroxylation is 2. The first-order chi connectivity index (χ1) is 13.6. The van der Waals surface area contributed by atoms with Crippen LogP contribution < -0.4 is 10.2 Å². The summed E-state index contributed by atoms with van der Waals surface area (Å²) in [7, 11) is 0. The molecule has 4 rings (SSSR count). The van der Waals surface area contributed by atoms with E-state index in [2.05, 4.69) is 68.7 Å². The van der Waals surface area contributed by atoms with Gasteiger partial charge in [0.2, 0.25) is 0 Å². The Hall–Kier alpha value is -2.31. The van der Waals surface area contributed by atoms with E-state index in [0.717, 1.165) is 48.7 Å². The molecule has 3 heterocycles. The van der Waals surface area contributed by atoms with Crippen molar-refractivity contribution in [3.8, 4) is 11.3 Å². The molecule has 0 amide bonds. The van der Waals surface area contributed by atoms with Gasteiger partial charge in [-0.25, -0.2) is 15.0 Å². The first-order valence-corrected chi connectivity index (χ1v) is 10.8. The lowest BCUT2D eigenvalue weighted by Crippen LogP contribution is -2.43. The summed E-state index contributed by atoms with van der Waals surface area (Å²) >= 11 is 1.75. The summed E-state index contributed by atoms with van der Waals surface area (Å²) in [5, 5.41) is 7.08. The number of anilines is 1. The Morgan fingerprint density at radius 3 is 2.68 bits per heavy atom. The molecule has 1 N–H and O–H groups in total. The third-order valence-corrected chi connectivity index (χ3v) is 6.42. The predicted octanol–water partition coefficient (Wildman–Crippen LogP) is 4.54. The first-order valence-electron chi connectivity index (χ1n) is 9.91. The monoisotopic (exact) mass is 393 g/mol. The van der Waals surface area contributed by atoms with Crippen molar-refractivity contribution in [3.05, 3.63) is 58.4 Å². The lowest BCUT2D eigenvalue weighted by Gasteiger charge is -2.35. The largest absolute Gasteiger partial charge is 0.371 e. The van der Waals surface area contributed by atoms with Gasteiger partial charge < -0.3 is 10.2 Å². The fraction of sp³-hybridized carbons (Fsp3) is 0.409. The predicted molar refractivity (Wildman–Crippen MR) is 116 cm³/mol. The molecule has 28 heavy (non-hydrogen) atoms. The molecule has 2 aromatic heterocycles. The van der Waals surface area contributed by atoms with Crippen LogP contribution >= 0.6 is 11.3 Å². The zero-order valence-corrected chi connectivity index (χ0v) is 17.5. The van der Waals surface area contributed by atoms with Crippen molar-refractivity contribution >= 4 is 17.0 Å². The highest BCUT2D eigenvalue weighted by Gasteiger charge is 2.22. The number of piperidine rings is 1. The molecule has 0 saturated carbocycles. The SMILES string of the molecule is Cc1csc([C@H](C)NC2CCN(c3cccc(-c4ccnc(C)n4)c3)CC2)n1. The Balaban J connectivity index is 1.38. The second kappa shape index (κ2) is 8.37. The summed E-state index contributed by atoms with van der Waals surface area (Å²) < 4.78 is 0. The van der Waals surface area contributed by atoms with E-state index in [9.17, 15) is 0 Å². The van der Waals surface area contributed by atoms with Crippen LogP contribution in [0.15, 0.2) is 41.9 Å². The summed E-state index contributed by atoms with van der Waals surface area (Å²) in [6, 6.07) is 11.5. The number of benzene rings is 1. The maximum absolute atomic E-state index is 4.62. The Morgan fingerprint density at radius 2 is 1.96 bits per heavy atom. The minimum Gasteiger partial charge on any atom is -0.371 e. The fourth-order valence-corrected chi connectivity index (χ4v) is 4.59. The molecule has 5 nitrogen and oxygen atoms in total. The molecule has 3 aromatic rings. The Labute approximate surface area is 170 Å². The molecule has 1 aromatic carbocycles. The van der Waals surface area contributed by atoms with Crippen molar-refractivity contribution in [1.29, 1.82) is 0 Å². The van der Waals surface area contributed by atoms with E-state index in [4.69, 9.17) is 0 Å². The molecule has 0 aliphatic carbocycles. The van der Waals surface area contributed by atoms with Crippen molar-refractivity contribution in [3.63, 3.8) is 0 Å². The van der Waals surface area contributed by atoms with Crippen molar-refractivity contribution in [1.82, 2.24) is 20.3 Å². The van der Waals surface area contributed by atoms with E-state index in [-0.39, 0.29) is 0 Å². The summed E-state index contributed by atoms with van der Waals surface area (Å²) in [6.45, 7) is 8.33. The summed E-state index contributed by atoms with van der Waals surface area (Å²) in [5.74, 6) is 0.805. The van der Waals surface area contributed by atoms with Gasteiger partial charge in [0.1, 0.15) is 10.8 Å². The topological polar surface area (TPSA) is 53.9 Å². The molecule has 1 saturated heterocycles. The van der Waals surface area contributed by atoms with Gasteiger partial charge in [-0.3, -0.25) is 0 Å². The van der Waals surface area contributed by atoms with Crippen LogP contribution in [0, 0.1) is 13.8 Å². The summed E-state index contributed by atoms with van der Waals surface area (Å²) in [5.41, 5.74) is 4.52. The lowest BCUT2D eigenvalue weighted by atomic mass is 10.0. The van der Waals surface area contributed by atoms with Crippen molar-refractivity contribution in [2.24, 2.45) is 0 Å². The molecule has 6 heteroatoms. The molecule has 0 radical (unpaired) electrons. The van der Waals surface area contributed by atoms with Gasteiger partial charge in [0.05, 0.1) is 11.7 Å². The van der Waals surface area contributed by atoms with Crippen LogP contribution in [0.5, 0.6) is 0 Å². The van der Waals surface area contributed by atoms with E-state index < -0.39 is 0 Å². The number of thiazole rings is 1. The molecular formula is C22H27N5S. The average molecular weight is 394 g/mol. The van der Waals surface area contributed by atoms with Crippen molar-refractivity contribution < 1.29 is 0 Å². The van der Waals surface area contributed by atoms with Gasteiger partial charge in [0.25, 0.3) is 0 Å². The highest BCUT2D eigenvalue weighted by Crippen LogP contribution is 2.27. The molecule has 1 aliphatic rings. The van der Waals surface area contributed by atoms with Gasteiger partial charge in [-0.15, -0.1) is 11.3 Å². The van der Waals surface area contributed by atoms with Gasteiger partial charge in [-0.1, -0.05) is 12.1 Å². The normalized spacial score (nSPS) is 16.3. The maximum atomic E-state index is 4.62.